The van der Waals surface area contributed by atoms with Gasteiger partial charge in [0, 0.05) is 45.3 Å². The van der Waals surface area contributed by atoms with Crippen LogP contribution in [0.1, 0.15) is 64.2 Å². The Balaban J connectivity index is 1.09. The van der Waals surface area contributed by atoms with Gasteiger partial charge in [-0.2, -0.15) is 0 Å². The van der Waals surface area contributed by atoms with Gasteiger partial charge in [-0.3, -0.25) is 0 Å². The van der Waals surface area contributed by atoms with Crippen molar-refractivity contribution in [1.29, 1.82) is 0 Å². The van der Waals surface area contributed by atoms with Crippen LogP contribution >= 0.6 is 0 Å². The maximum atomic E-state index is 5.98. The van der Waals surface area contributed by atoms with E-state index < -0.39 is 0 Å². The number of nitrogens with zero attached hydrogens (tertiary/aromatic N) is 2. The lowest BCUT2D eigenvalue weighted by Gasteiger charge is -2.44. The molecule has 2 aliphatic heterocycles. The van der Waals surface area contributed by atoms with E-state index in [0.717, 1.165) is 56.7 Å². The summed E-state index contributed by atoms with van der Waals surface area (Å²) in [4.78, 5) is 5.01. The van der Waals surface area contributed by atoms with Crippen LogP contribution in [0, 0.1) is 13.8 Å². The Morgan fingerprint density at radius 2 is 0.877 bits per heavy atom. The standard InChI is InChI=1S/C60H53BN2O2/c1-38-15-33-56(64-38)42-21-17-40(18-22-42)44-11-9-12-49(35-44)63-52-32-28-47(60(6,7)8)37-51(52)61-50-31-25-45(41-19-23-43(24-20-41)57-34-16-39(2)65-57)36-55(50)62(53-13-10-14-54(63)58(53)61)48-29-26-46(27-30-48)59(3,4)5/h9-37H,1-8H3. The summed E-state index contributed by atoms with van der Waals surface area (Å²) in [6.45, 7) is 17.8. The number of furan rings is 2. The molecule has 0 aliphatic carbocycles. The fourth-order valence-corrected chi connectivity index (χ4v) is 9.91. The quantitative estimate of drug-likeness (QED) is 0.156. The van der Waals surface area contributed by atoms with Crippen LogP contribution in [0.3, 0.4) is 0 Å². The predicted molar refractivity (Wildman–Crippen MR) is 274 cm³/mol. The Labute approximate surface area is 383 Å². The normalized spacial score (nSPS) is 13.1. The second kappa shape index (κ2) is 15.2. The molecular formula is C60H53BN2O2. The first-order valence-electron chi connectivity index (χ1n) is 22.9. The molecule has 318 valence electrons. The first-order chi connectivity index (χ1) is 31.3. The monoisotopic (exact) mass is 844 g/mol. The topological polar surface area (TPSA) is 32.8 Å². The van der Waals surface area contributed by atoms with Gasteiger partial charge in [0.1, 0.15) is 23.0 Å². The zero-order valence-corrected chi connectivity index (χ0v) is 38.5. The Bertz CT molecular complexity index is 3250. The lowest BCUT2D eigenvalue weighted by molar-refractivity contribution is 0.548. The van der Waals surface area contributed by atoms with Crippen LogP contribution in [-0.2, 0) is 10.8 Å². The van der Waals surface area contributed by atoms with E-state index in [4.69, 9.17) is 8.83 Å². The summed E-state index contributed by atoms with van der Waals surface area (Å²) in [6, 6.07) is 65.1. The molecule has 0 amide bonds. The van der Waals surface area contributed by atoms with Crippen LogP contribution in [0.2, 0.25) is 0 Å². The molecule has 65 heavy (non-hydrogen) atoms. The van der Waals surface area contributed by atoms with E-state index in [2.05, 4.69) is 203 Å². The molecule has 2 aromatic heterocycles. The third kappa shape index (κ3) is 7.11. The van der Waals surface area contributed by atoms with Gasteiger partial charge in [0.2, 0.25) is 0 Å². The summed E-state index contributed by atoms with van der Waals surface area (Å²) in [5.74, 6) is 3.60. The number of fused-ring (bicyclic) bond motifs is 4. The van der Waals surface area contributed by atoms with Gasteiger partial charge in [0.25, 0.3) is 6.71 Å². The highest BCUT2D eigenvalue weighted by Crippen LogP contribution is 2.46. The summed E-state index contributed by atoms with van der Waals surface area (Å²) >= 11 is 0. The summed E-state index contributed by atoms with van der Waals surface area (Å²) in [5.41, 5.74) is 20.4. The van der Waals surface area contributed by atoms with Crippen molar-refractivity contribution >= 4 is 57.2 Å². The van der Waals surface area contributed by atoms with Crippen molar-refractivity contribution in [3.8, 4) is 44.9 Å². The molecule has 0 bridgehead atoms. The predicted octanol–water partition coefficient (Wildman–Crippen LogP) is 14.8. The minimum Gasteiger partial charge on any atom is -0.461 e. The van der Waals surface area contributed by atoms with Gasteiger partial charge < -0.3 is 18.6 Å². The molecule has 0 radical (unpaired) electrons. The first-order valence-corrected chi connectivity index (χ1v) is 22.9. The first kappa shape index (κ1) is 40.5. The second-order valence-electron chi connectivity index (χ2n) is 19.9. The summed E-state index contributed by atoms with van der Waals surface area (Å²) in [7, 11) is 0. The van der Waals surface area contributed by atoms with Gasteiger partial charge in [-0.05, 0) is 147 Å². The molecule has 7 aromatic carbocycles. The summed E-state index contributed by atoms with van der Waals surface area (Å²) in [6.07, 6.45) is 0. The molecule has 2 aliphatic rings. The average molecular weight is 845 g/mol. The lowest BCUT2D eigenvalue weighted by atomic mass is 9.33. The van der Waals surface area contributed by atoms with Crippen molar-refractivity contribution in [3.63, 3.8) is 0 Å². The van der Waals surface area contributed by atoms with Gasteiger partial charge in [-0.25, -0.2) is 0 Å². The zero-order valence-electron chi connectivity index (χ0n) is 38.5. The number of hydrogen-bond acceptors (Lipinski definition) is 4. The number of benzene rings is 7. The molecule has 11 rings (SSSR count). The van der Waals surface area contributed by atoms with Crippen molar-refractivity contribution in [1.82, 2.24) is 0 Å². The average Bonchev–Trinajstić information content (AvgIpc) is 3.96. The molecule has 0 N–H and O–H groups in total. The number of rotatable bonds is 6. The number of aryl methyl sites for hydroxylation is 2. The highest BCUT2D eigenvalue weighted by Gasteiger charge is 2.43. The smallest absolute Gasteiger partial charge is 0.252 e. The van der Waals surface area contributed by atoms with Gasteiger partial charge in [-0.1, -0.05) is 145 Å². The van der Waals surface area contributed by atoms with E-state index in [1.54, 1.807) is 0 Å². The lowest BCUT2D eigenvalue weighted by Crippen LogP contribution is -2.61. The molecule has 0 saturated carbocycles. The molecule has 0 saturated heterocycles. The molecule has 4 heterocycles. The number of anilines is 6. The fourth-order valence-electron chi connectivity index (χ4n) is 9.91. The van der Waals surface area contributed by atoms with Crippen molar-refractivity contribution in [2.24, 2.45) is 0 Å². The fraction of sp³-hybridized carbons (Fsp3) is 0.167. The van der Waals surface area contributed by atoms with Crippen LogP contribution in [0.25, 0.3) is 44.9 Å². The van der Waals surface area contributed by atoms with Crippen LogP contribution in [0.15, 0.2) is 185 Å². The van der Waals surface area contributed by atoms with Crippen molar-refractivity contribution in [2.45, 2.75) is 66.2 Å². The number of hydrogen-bond donors (Lipinski definition) is 0. The van der Waals surface area contributed by atoms with E-state index in [1.807, 2.05) is 38.1 Å². The maximum absolute atomic E-state index is 5.98. The van der Waals surface area contributed by atoms with E-state index in [9.17, 15) is 0 Å². The maximum Gasteiger partial charge on any atom is 0.252 e. The summed E-state index contributed by atoms with van der Waals surface area (Å²) in [5, 5.41) is 0. The molecule has 0 fully saturated rings. The van der Waals surface area contributed by atoms with Gasteiger partial charge in [-0.15, -0.1) is 0 Å². The third-order valence-electron chi connectivity index (χ3n) is 13.4. The second-order valence-corrected chi connectivity index (χ2v) is 19.9. The molecule has 0 atom stereocenters. The van der Waals surface area contributed by atoms with Crippen LogP contribution in [-0.4, -0.2) is 6.71 Å². The minimum atomic E-state index is -0.0389. The van der Waals surface area contributed by atoms with E-state index in [-0.39, 0.29) is 17.5 Å². The minimum absolute atomic E-state index is 0.00873. The molecule has 5 heteroatoms. The molecule has 0 spiro atoms. The molecule has 0 unspecified atom stereocenters. The Morgan fingerprint density at radius 3 is 1.43 bits per heavy atom. The highest BCUT2D eigenvalue weighted by atomic mass is 16.3. The van der Waals surface area contributed by atoms with Crippen LogP contribution in [0.4, 0.5) is 34.1 Å². The van der Waals surface area contributed by atoms with E-state index in [0.29, 0.717) is 0 Å². The Kier molecular flexibility index (Phi) is 9.48. The van der Waals surface area contributed by atoms with Crippen molar-refractivity contribution in [3.05, 3.63) is 199 Å². The third-order valence-corrected chi connectivity index (χ3v) is 13.4. The molecular weight excluding hydrogens is 791 g/mol. The van der Waals surface area contributed by atoms with E-state index in [1.165, 1.54) is 61.4 Å². The highest BCUT2D eigenvalue weighted by molar-refractivity contribution is 7.00. The van der Waals surface area contributed by atoms with Gasteiger partial charge >= 0.3 is 0 Å². The Hall–Kier alpha value is -7.24. The van der Waals surface area contributed by atoms with Crippen LogP contribution in [0.5, 0.6) is 0 Å². The molecule has 9 aromatic rings. The zero-order chi connectivity index (χ0) is 44.8. The largest absolute Gasteiger partial charge is 0.461 e. The SMILES string of the molecule is Cc1ccc(-c2ccc(-c3cccc(N4c5ccc(C(C)(C)C)cc5B5c6ccc(-c7ccc(-c8ccc(C)o8)cc7)cc6N(c6ccc(C(C)(C)C)cc6)c6cccc4c65)c3)cc2)o1. The van der Waals surface area contributed by atoms with E-state index >= 15 is 0 Å². The van der Waals surface area contributed by atoms with Crippen molar-refractivity contribution in [2.75, 3.05) is 9.80 Å². The Morgan fingerprint density at radius 1 is 0.369 bits per heavy atom. The van der Waals surface area contributed by atoms with Gasteiger partial charge in [0.15, 0.2) is 0 Å². The molecule has 4 nitrogen and oxygen atoms in total. The summed E-state index contributed by atoms with van der Waals surface area (Å²) < 4.78 is 11.9. The van der Waals surface area contributed by atoms with Gasteiger partial charge in [0.05, 0.1) is 0 Å². The van der Waals surface area contributed by atoms with Crippen molar-refractivity contribution < 1.29 is 8.83 Å². The van der Waals surface area contributed by atoms with Crippen LogP contribution < -0.4 is 26.2 Å².